The fraction of sp³-hybridized carbons (Fsp3) is 0.704. The van der Waals surface area contributed by atoms with Crippen LogP contribution in [0.15, 0.2) is 4.99 Å². The van der Waals surface area contributed by atoms with Gasteiger partial charge in [0.25, 0.3) is 0 Å². The molecule has 0 heterocycles. The highest BCUT2D eigenvalue weighted by Gasteiger charge is 2.29. The smallest absolute Gasteiger partial charge is 0.326 e. The molecule has 0 aromatic heterocycles. The Kier molecular flexibility index (Phi) is 19.1. The van der Waals surface area contributed by atoms with Gasteiger partial charge in [-0.25, -0.2) is 4.79 Å². The van der Waals surface area contributed by atoms with Crippen LogP contribution < -0.4 is 43.4 Å². The number of carbonyl (C=O) groups excluding carboxylic acids is 6. The van der Waals surface area contributed by atoms with Crippen LogP contribution in [-0.4, -0.2) is 96.8 Å². The summed E-state index contributed by atoms with van der Waals surface area (Å²) in [5, 5.41) is 24.0. The van der Waals surface area contributed by atoms with Crippen molar-refractivity contribution in [3.63, 3.8) is 0 Å². The first kappa shape index (κ1) is 39.6. The molecule has 0 aromatic carbocycles. The lowest BCUT2D eigenvalue weighted by Gasteiger charge is -2.25. The number of rotatable bonds is 22. The number of nitrogens with zero attached hydrogens (tertiary/aromatic N) is 1. The summed E-state index contributed by atoms with van der Waals surface area (Å²) in [7, 11) is 0. The average Bonchev–Trinajstić information content (AvgIpc) is 2.93. The van der Waals surface area contributed by atoms with Gasteiger partial charge in [-0.05, 0) is 43.9 Å². The van der Waals surface area contributed by atoms with Crippen LogP contribution in [0.1, 0.15) is 66.7 Å². The quantitative estimate of drug-likeness (QED) is 0.0262. The van der Waals surface area contributed by atoms with Gasteiger partial charge in [-0.1, -0.05) is 34.6 Å². The van der Waals surface area contributed by atoms with Gasteiger partial charge >= 0.3 is 5.97 Å². The molecule has 11 N–H and O–H groups in total. The van der Waals surface area contributed by atoms with Crippen molar-refractivity contribution in [1.29, 1.82) is 0 Å². The fourth-order valence-corrected chi connectivity index (χ4v) is 3.98. The third kappa shape index (κ3) is 17.5. The Morgan fingerprint density at radius 1 is 0.750 bits per heavy atom. The van der Waals surface area contributed by atoms with Gasteiger partial charge in [0.05, 0.1) is 13.1 Å². The second-order valence-electron chi connectivity index (χ2n) is 11.0. The maximum atomic E-state index is 13.2. The minimum absolute atomic E-state index is 0.0133. The van der Waals surface area contributed by atoms with Crippen LogP contribution in [0.3, 0.4) is 0 Å². The highest BCUT2D eigenvalue weighted by atomic mass is 16.4. The molecule has 0 saturated heterocycles. The zero-order valence-corrected chi connectivity index (χ0v) is 26.1. The number of guanidine groups is 1. The van der Waals surface area contributed by atoms with Gasteiger partial charge in [0.2, 0.25) is 35.9 Å². The van der Waals surface area contributed by atoms with Crippen LogP contribution in [0.5, 0.6) is 0 Å². The molecule has 0 rings (SSSR count). The van der Waals surface area contributed by atoms with Crippen LogP contribution in [-0.2, 0) is 33.6 Å². The van der Waals surface area contributed by atoms with E-state index in [1.807, 2.05) is 27.7 Å². The van der Waals surface area contributed by atoms with E-state index in [0.717, 1.165) is 0 Å². The number of aliphatic imine (C=N–C) groups is 1. The summed E-state index contributed by atoms with van der Waals surface area (Å²) in [5.74, 6) is -4.68. The summed E-state index contributed by atoms with van der Waals surface area (Å²) in [5.41, 5.74) is 10.6. The van der Waals surface area contributed by atoms with E-state index in [0.29, 0.717) is 12.8 Å². The van der Waals surface area contributed by atoms with E-state index in [4.69, 9.17) is 11.5 Å². The zero-order valence-electron chi connectivity index (χ0n) is 26.1. The Hall–Kier alpha value is -4.44. The molecule has 0 fully saturated rings. The minimum Gasteiger partial charge on any atom is -0.480 e. The number of amides is 6. The molecule has 4 atom stereocenters. The Morgan fingerprint density at radius 3 is 1.80 bits per heavy atom. The summed E-state index contributed by atoms with van der Waals surface area (Å²) in [4.78, 5) is 89.4. The third-order valence-corrected chi connectivity index (χ3v) is 6.09. The van der Waals surface area contributed by atoms with E-state index in [9.17, 15) is 38.7 Å². The molecule has 0 aliphatic rings. The molecule has 0 radical (unpaired) electrons. The maximum Gasteiger partial charge on any atom is 0.326 e. The van der Waals surface area contributed by atoms with Crippen molar-refractivity contribution in [2.24, 2.45) is 28.3 Å². The van der Waals surface area contributed by atoms with Crippen molar-refractivity contribution in [2.75, 3.05) is 19.6 Å². The molecule has 250 valence electrons. The molecular weight excluding hydrogens is 578 g/mol. The number of hydrogen-bond donors (Lipinski definition) is 9. The van der Waals surface area contributed by atoms with Crippen molar-refractivity contribution < 1.29 is 38.7 Å². The van der Waals surface area contributed by atoms with Crippen molar-refractivity contribution in [3.05, 3.63) is 0 Å². The van der Waals surface area contributed by atoms with Crippen molar-refractivity contribution in [2.45, 2.75) is 90.9 Å². The van der Waals surface area contributed by atoms with Crippen molar-refractivity contribution in [1.82, 2.24) is 31.9 Å². The largest absolute Gasteiger partial charge is 0.480 e. The highest BCUT2D eigenvalue weighted by molar-refractivity contribution is 5.95. The number of carboxylic acid groups (broad SMARTS) is 1. The minimum atomic E-state index is -1.19. The topological polar surface area (TPSA) is 276 Å². The number of nitrogens with two attached hydrogens (primary N) is 2. The number of nitrogens with one attached hydrogen (secondary N) is 6. The second-order valence-corrected chi connectivity index (χ2v) is 11.0. The molecule has 0 spiro atoms. The number of carboxylic acids is 1. The third-order valence-electron chi connectivity index (χ3n) is 6.09. The van der Waals surface area contributed by atoms with Crippen LogP contribution in [0.2, 0.25) is 0 Å². The molecule has 0 aliphatic carbocycles. The van der Waals surface area contributed by atoms with Gasteiger partial charge in [0.1, 0.15) is 24.2 Å². The maximum absolute atomic E-state index is 13.2. The van der Waals surface area contributed by atoms with E-state index in [2.05, 4.69) is 36.9 Å². The first-order valence-corrected chi connectivity index (χ1v) is 14.5. The predicted molar refractivity (Wildman–Crippen MR) is 162 cm³/mol. The Labute approximate surface area is 257 Å². The van der Waals surface area contributed by atoms with Gasteiger partial charge in [0.15, 0.2) is 5.96 Å². The first-order valence-electron chi connectivity index (χ1n) is 14.5. The second kappa shape index (κ2) is 21.3. The zero-order chi connectivity index (χ0) is 33.8. The molecular formula is C27H49N9O8. The van der Waals surface area contributed by atoms with Crippen LogP contribution in [0.4, 0.5) is 0 Å². The van der Waals surface area contributed by atoms with E-state index in [1.165, 1.54) is 0 Å². The first-order chi connectivity index (χ1) is 20.6. The number of carbonyl (C=O) groups is 7. The molecule has 4 unspecified atom stereocenters. The lowest BCUT2D eigenvalue weighted by Crippen LogP contribution is -2.57. The van der Waals surface area contributed by atoms with Gasteiger partial charge in [-0.3, -0.25) is 33.8 Å². The summed E-state index contributed by atoms with van der Waals surface area (Å²) in [6.07, 6.45) is 1.33. The van der Waals surface area contributed by atoms with E-state index in [1.54, 1.807) is 6.92 Å². The lowest BCUT2D eigenvalue weighted by molar-refractivity contribution is -0.142. The summed E-state index contributed by atoms with van der Waals surface area (Å²) in [6, 6.07) is -4.32. The molecule has 0 aromatic rings. The molecule has 0 saturated carbocycles. The molecule has 17 nitrogen and oxygen atoms in total. The SMILES string of the molecule is CCC(NC(=O)C(CCCN=C(N)N)NC(=O)CNC=O)C(=O)NC(CC(C)C)C(=O)NCC(=O)NC(CC(C)C)C(=O)O. The van der Waals surface area contributed by atoms with Crippen LogP contribution >= 0.6 is 0 Å². The Morgan fingerprint density at radius 2 is 1.27 bits per heavy atom. The van der Waals surface area contributed by atoms with Crippen LogP contribution in [0.25, 0.3) is 0 Å². The Balaban J connectivity index is 5.46. The Bertz CT molecular complexity index is 1020. The van der Waals surface area contributed by atoms with E-state index in [-0.39, 0.29) is 56.6 Å². The van der Waals surface area contributed by atoms with Crippen molar-refractivity contribution >= 4 is 47.9 Å². The number of aliphatic carboxylic acids is 1. The standard InChI is InChI=1S/C27H49N9O8/c1-6-17(35-25(42)18(8-7-9-31-27(28)29)33-21(38)12-30-14-37)24(41)36-19(10-15(2)3)23(40)32-13-22(39)34-20(26(43)44)11-16(4)5/h14-20H,6-13H2,1-5H3,(H,30,37)(H,32,40)(H,33,38)(H,34,39)(H,35,42)(H,36,41)(H,43,44)(H4,28,29,31). The fourth-order valence-electron chi connectivity index (χ4n) is 3.98. The predicted octanol–water partition coefficient (Wildman–Crippen LogP) is -2.57. The lowest BCUT2D eigenvalue weighted by atomic mass is 10.0. The normalized spacial score (nSPS) is 13.4. The van der Waals surface area contributed by atoms with Crippen molar-refractivity contribution in [3.8, 4) is 0 Å². The summed E-state index contributed by atoms with van der Waals surface area (Å²) >= 11 is 0. The number of hydrogen-bond acceptors (Lipinski definition) is 8. The summed E-state index contributed by atoms with van der Waals surface area (Å²) < 4.78 is 0. The monoisotopic (exact) mass is 627 g/mol. The average molecular weight is 628 g/mol. The molecule has 6 amide bonds. The van der Waals surface area contributed by atoms with E-state index >= 15 is 0 Å². The van der Waals surface area contributed by atoms with Gasteiger partial charge in [0, 0.05) is 6.54 Å². The molecule has 0 bridgehead atoms. The molecule has 0 aliphatic heterocycles. The van der Waals surface area contributed by atoms with Gasteiger partial charge in [-0.2, -0.15) is 0 Å². The summed E-state index contributed by atoms with van der Waals surface area (Å²) in [6.45, 7) is 8.25. The molecule has 17 heteroatoms. The van der Waals surface area contributed by atoms with Gasteiger partial charge in [-0.15, -0.1) is 0 Å². The van der Waals surface area contributed by atoms with E-state index < -0.39 is 66.2 Å². The van der Waals surface area contributed by atoms with Crippen LogP contribution in [0, 0.1) is 11.8 Å². The molecule has 44 heavy (non-hydrogen) atoms. The highest BCUT2D eigenvalue weighted by Crippen LogP contribution is 2.08. The van der Waals surface area contributed by atoms with Gasteiger partial charge < -0.3 is 48.5 Å².